The van der Waals surface area contributed by atoms with Gasteiger partial charge in [0.2, 0.25) is 5.43 Å². The number of benzene rings is 13. The molecule has 0 fully saturated rings. The Morgan fingerprint density at radius 1 is 0.266 bits per heavy atom. The molecule has 0 atom stereocenters. The molecule has 0 bridgehead atoms. The van der Waals surface area contributed by atoms with Crippen molar-refractivity contribution < 1.29 is 0 Å². The fraction of sp³-hybridized carbons (Fsp3) is 0.0444. The molecule has 0 amide bonds. The van der Waals surface area contributed by atoms with Gasteiger partial charge in [-0.2, -0.15) is 0 Å². The molecule has 3 aliphatic carbocycles. The van der Waals surface area contributed by atoms with Crippen molar-refractivity contribution in [3.8, 4) is 111 Å². The summed E-state index contributed by atoms with van der Waals surface area (Å²) in [6.07, 6.45) is 0. The van der Waals surface area contributed by atoms with Crippen LogP contribution in [0.15, 0.2) is 301 Å². The quantitative estimate of drug-likeness (QED) is 0.149. The zero-order chi connectivity index (χ0) is 62.6. The van der Waals surface area contributed by atoms with Gasteiger partial charge >= 0.3 is 0 Å². The van der Waals surface area contributed by atoms with Crippen LogP contribution in [0.25, 0.3) is 152 Å². The lowest BCUT2D eigenvalue weighted by molar-refractivity contribution is 0.662. The smallest absolute Gasteiger partial charge is 0.204 e. The zero-order valence-corrected chi connectivity index (χ0v) is 53.0. The Morgan fingerprint density at radius 2 is 0.691 bits per heavy atom. The van der Waals surface area contributed by atoms with Gasteiger partial charge in [0.15, 0.2) is 5.43 Å². The zero-order valence-electron chi connectivity index (χ0n) is 51.3. The van der Waals surface area contributed by atoms with Crippen LogP contribution in [0.5, 0.6) is 0 Å². The van der Waals surface area contributed by atoms with Crippen LogP contribution in [0.4, 0.5) is 0 Å². The van der Waals surface area contributed by atoms with Gasteiger partial charge in [-0.15, -0.1) is 22.7 Å². The molecule has 19 rings (SSSR count). The SMILES string of the molecule is CC1(C)c2cc(-c3cccc(-c4cccc(-c5c#cc6c(=O)c7ccccc7sc6c5)c4)c3)ccc2-c2cccc(-c3ccc4c(=O)c5cc(-c6cccc(-c7cccc(-c8ccc9c(c8)C8(c%10ccccc%10-c%10ccccc%108)c8ccccc8-9)c7)c6)ccc5sc4c3)c21. The Hall–Kier alpha value is -11.3. The summed E-state index contributed by atoms with van der Waals surface area (Å²) in [5.74, 6) is 0. The second-order valence-corrected chi connectivity index (χ2v) is 28.1. The highest BCUT2D eigenvalue weighted by molar-refractivity contribution is 7.25. The normalized spacial score (nSPS) is 13.4. The van der Waals surface area contributed by atoms with Crippen molar-refractivity contribution in [2.75, 3.05) is 0 Å². The first kappa shape index (κ1) is 54.4. The molecule has 3 aliphatic rings. The first-order chi connectivity index (χ1) is 46.1. The Balaban J connectivity index is 0.605. The van der Waals surface area contributed by atoms with Gasteiger partial charge in [-0.25, -0.2) is 0 Å². The van der Waals surface area contributed by atoms with E-state index in [2.05, 4.69) is 287 Å². The van der Waals surface area contributed by atoms with Gasteiger partial charge in [-0.1, -0.05) is 238 Å². The van der Waals surface area contributed by atoms with Gasteiger partial charge in [0.25, 0.3) is 0 Å². The van der Waals surface area contributed by atoms with E-state index < -0.39 is 5.41 Å². The minimum Gasteiger partial charge on any atom is -0.289 e. The van der Waals surface area contributed by atoms with Crippen molar-refractivity contribution >= 4 is 63.0 Å². The largest absolute Gasteiger partial charge is 0.289 e. The lowest BCUT2D eigenvalue weighted by Gasteiger charge is -2.30. The molecule has 16 aromatic rings. The van der Waals surface area contributed by atoms with Gasteiger partial charge in [0.05, 0.1) is 10.8 Å². The van der Waals surface area contributed by atoms with E-state index in [4.69, 9.17) is 0 Å². The molecule has 4 heteroatoms. The Kier molecular flexibility index (Phi) is 11.9. The van der Waals surface area contributed by atoms with E-state index in [1.807, 2.05) is 30.3 Å². The van der Waals surface area contributed by atoms with Crippen molar-refractivity contribution in [3.05, 3.63) is 357 Å². The molecule has 2 nitrogen and oxygen atoms in total. The third kappa shape index (κ3) is 8.09. The van der Waals surface area contributed by atoms with Crippen LogP contribution < -0.4 is 10.9 Å². The molecule has 0 unspecified atom stereocenters. The van der Waals surface area contributed by atoms with Crippen molar-refractivity contribution in [1.82, 2.24) is 0 Å². The van der Waals surface area contributed by atoms with Crippen LogP contribution in [0.1, 0.15) is 47.2 Å². The summed E-state index contributed by atoms with van der Waals surface area (Å²) in [4.78, 5) is 28.1. The van der Waals surface area contributed by atoms with Gasteiger partial charge in [0, 0.05) is 45.9 Å². The van der Waals surface area contributed by atoms with Crippen molar-refractivity contribution in [2.24, 2.45) is 0 Å². The van der Waals surface area contributed by atoms with E-state index in [0.29, 0.717) is 5.39 Å². The highest BCUT2D eigenvalue weighted by Gasteiger charge is 2.51. The standard InChI is InChI=1S/C90H54O2S2/c1-89(2)80-49-62(58-21-12-17-54(45-58)56-19-14-23-60(47-56)64-36-41-74-84(51-64)93-82-33-10-6-27-73(82)87(74)91)35-40-71(80)72-29-15-28-66(86(72)89)65-37-42-75-85(52-65)94-83-43-38-61(48-76(83)88(75)92)57-20-11-16-53(44-57)55-18-13-22-59(46-55)63-34-39-70-69-26-5-9-32-79(69)90(81(70)50-63)77-30-7-3-24-67(77)68-25-4-8-31-78(68)90/h3-35,37-40,42-52H,1-2H3. The highest BCUT2D eigenvalue weighted by Crippen LogP contribution is 2.63. The van der Waals surface area contributed by atoms with E-state index >= 15 is 0 Å². The van der Waals surface area contributed by atoms with Crippen LogP contribution in [0.3, 0.4) is 0 Å². The minimum atomic E-state index is -0.402. The number of hydrogen-bond donors (Lipinski definition) is 0. The molecule has 0 saturated heterocycles. The van der Waals surface area contributed by atoms with E-state index in [0.717, 1.165) is 96.2 Å². The fourth-order valence-corrected chi connectivity index (χ4v) is 18.3. The summed E-state index contributed by atoms with van der Waals surface area (Å²) < 4.78 is 3.83. The number of fused-ring (bicyclic) bond motifs is 17. The summed E-state index contributed by atoms with van der Waals surface area (Å²) in [7, 11) is 0. The van der Waals surface area contributed by atoms with Crippen LogP contribution in [0, 0.1) is 12.1 Å². The first-order valence-corrected chi connectivity index (χ1v) is 33.7. The first-order valence-electron chi connectivity index (χ1n) is 32.1. The molecular formula is C90H54O2S2. The van der Waals surface area contributed by atoms with Gasteiger partial charge in [-0.05, 0) is 218 Å². The maximum atomic E-state index is 14.8. The maximum Gasteiger partial charge on any atom is 0.204 e. The molecule has 2 aromatic heterocycles. The summed E-state index contributed by atoms with van der Waals surface area (Å²) in [5.41, 5.74) is 30.4. The topological polar surface area (TPSA) is 34.1 Å². The summed E-state index contributed by atoms with van der Waals surface area (Å²) in [5, 5.41) is 2.78. The molecule has 438 valence electrons. The average Bonchev–Trinajstić information content (AvgIpc) is 1.51. The molecule has 94 heavy (non-hydrogen) atoms. The third-order valence-electron chi connectivity index (χ3n) is 20.5. The van der Waals surface area contributed by atoms with Crippen molar-refractivity contribution in [2.45, 2.75) is 24.7 Å². The van der Waals surface area contributed by atoms with E-state index in [1.165, 1.54) is 83.5 Å². The van der Waals surface area contributed by atoms with Crippen molar-refractivity contribution in [3.63, 3.8) is 0 Å². The molecule has 14 aromatic carbocycles. The summed E-state index contributed by atoms with van der Waals surface area (Å²) in [6.45, 7) is 4.70. The predicted molar refractivity (Wildman–Crippen MR) is 394 cm³/mol. The van der Waals surface area contributed by atoms with Crippen LogP contribution in [0.2, 0.25) is 0 Å². The maximum absolute atomic E-state index is 14.8. The monoisotopic (exact) mass is 1230 g/mol. The minimum absolute atomic E-state index is 0.000338. The Bertz CT molecular complexity index is 6030. The summed E-state index contributed by atoms with van der Waals surface area (Å²) >= 11 is 3.31. The molecule has 0 N–H and O–H groups in total. The lowest BCUT2D eigenvalue weighted by Crippen LogP contribution is -2.25. The molecule has 2 heterocycles. The summed E-state index contributed by atoms with van der Waals surface area (Å²) in [6, 6.07) is 112. The fourth-order valence-electron chi connectivity index (χ4n) is 16.1. The lowest BCUT2D eigenvalue weighted by atomic mass is 9.70. The second-order valence-electron chi connectivity index (χ2n) is 25.9. The number of hydrogen-bond acceptors (Lipinski definition) is 4. The molecule has 0 saturated carbocycles. The molecule has 1 spiro atoms. The van der Waals surface area contributed by atoms with Gasteiger partial charge in [0.1, 0.15) is 0 Å². The highest BCUT2D eigenvalue weighted by atomic mass is 32.1. The van der Waals surface area contributed by atoms with Crippen LogP contribution in [-0.4, -0.2) is 0 Å². The van der Waals surface area contributed by atoms with E-state index in [-0.39, 0.29) is 16.3 Å². The molecule has 0 aliphatic heterocycles. The molecule has 0 radical (unpaired) electrons. The van der Waals surface area contributed by atoms with Crippen molar-refractivity contribution in [1.29, 1.82) is 0 Å². The third-order valence-corrected chi connectivity index (χ3v) is 22.8. The van der Waals surface area contributed by atoms with Crippen LogP contribution >= 0.6 is 22.7 Å². The van der Waals surface area contributed by atoms with Gasteiger partial charge < -0.3 is 0 Å². The van der Waals surface area contributed by atoms with Crippen LogP contribution in [-0.2, 0) is 10.8 Å². The van der Waals surface area contributed by atoms with E-state index in [9.17, 15) is 9.59 Å². The predicted octanol–water partition coefficient (Wildman–Crippen LogP) is 23.1. The molecular weight excluding hydrogens is 1180 g/mol. The Morgan fingerprint density at radius 3 is 1.31 bits per heavy atom. The average molecular weight is 1230 g/mol. The number of rotatable bonds is 7. The van der Waals surface area contributed by atoms with E-state index in [1.54, 1.807) is 22.7 Å². The van der Waals surface area contributed by atoms with Gasteiger partial charge in [-0.3, -0.25) is 9.59 Å². The second kappa shape index (κ2) is 20.6. The Labute approximate surface area is 552 Å².